The summed E-state index contributed by atoms with van der Waals surface area (Å²) in [6.07, 6.45) is -0.642. The molecule has 0 aliphatic carbocycles. The van der Waals surface area contributed by atoms with E-state index >= 15 is 0 Å². The standard InChI is InChI=1S/C15H14FNO4/c1-10(18)11-3-2-4-14(8-11)21-9-12-7-13(16)5-6-15(12)17(19)20/h2-8,10,18H,9H2,1H3. The topological polar surface area (TPSA) is 72.6 Å². The summed E-state index contributed by atoms with van der Waals surface area (Å²) in [4.78, 5) is 10.3. The van der Waals surface area contributed by atoms with Crippen LogP contribution >= 0.6 is 0 Å². The minimum absolute atomic E-state index is 0.128. The summed E-state index contributed by atoms with van der Waals surface area (Å²) in [5.41, 5.74) is 0.631. The molecule has 0 bridgehead atoms. The van der Waals surface area contributed by atoms with Crippen molar-refractivity contribution in [2.24, 2.45) is 0 Å². The predicted octanol–water partition coefficient (Wildman–Crippen LogP) is 3.37. The maximum Gasteiger partial charge on any atom is 0.276 e. The Morgan fingerprint density at radius 2 is 2.10 bits per heavy atom. The van der Waals surface area contributed by atoms with Crippen molar-refractivity contribution in [2.45, 2.75) is 19.6 Å². The maximum atomic E-state index is 13.2. The molecule has 5 nitrogen and oxygen atoms in total. The Morgan fingerprint density at radius 1 is 1.33 bits per heavy atom. The Bertz CT molecular complexity index is 658. The lowest BCUT2D eigenvalue weighted by Crippen LogP contribution is -2.02. The van der Waals surface area contributed by atoms with E-state index in [1.54, 1.807) is 31.2 Å². The molecule has 2 rings (SSSR count). The highest BCUT2D eigenvalue weighted by atomic mass is 19.1. The van der Waals surface area contributed by atoms with Gasteiger partial charge in [-0.15, -0.1) is 0 Å². The van der Waals surface area contributed by atoms with Crippen molar-refractivity contribution in [2.75, 3.05) is 0 Å². The van der Waals surface area contributed by atoms with Gasteiger partial charge in [-0.05, 0) is 36.8 Å². The zero-order valence-electron chi connectivity index (χ0n) is 11.3. The summed E-state index contributed by atoms with van der Waals surface area (Å²) >= 11 is 0. The third-order valence-electron chi connectivity index (χ3n) is 2.97. The summed E-state index contributed by atoms with van der Waals surface area (Å²) < 4.78 is 18.6. The zero-order chi connectivity index (χ0) is 15.4. The van der Waals surface area contributed by atoms with Crippen LogP contribution < -0.4 is 4.74 Å². The van der Waals surface area contributed by atoms with E-state index in [1.165, 1.54) is 0 Å². The van der Waals surface area contributed by atoms with Crippen LogP contribution in [-0.2, 0) is 6.61 Å². The fraction of sp³-hybridized carbons (Fsp3) is 0.200. The second-order valence-electron chi connectivity index (χ2n) is 4.57. The second kappa shape index (κ2) is 6.32. The molecule has 110 valence electrons. The molecule has 0 radical (unpaired) electrons. The van der Waals surface area contributed by atoms with Crippen molar-refractivity contribution in [3.63, 3.8) is 0 Å². The Balaban J connectivity index is 2.18. The van der Waals surface area contributed by atoms with Crippen molar-refractivity contribution in [3.05, 3.63) is 69.5 Å². The maximum absolute atomic E-state index is 13.2. The number of aliphatic hydroxyl groups excluding tert-OH is 1. The van der Waals surface area contributed by atoms with Gasteiger partial charge in [0.15, 0.2) is 0 Å². The minimum atomic E-state index is -0.642. The summed E-state index contributed by atoms with van der Waals surface area (Å²) in [6.45, 7) is 1.49. The monoisotopic (exact) mass is 291 g/mol. The van der Waals surface area contributed by atoms with E-state index in [0.29, 0.717) is 11.3 Å². The van der Waals surface area contributed by atoms with Crippen LogP contribution in [0.5, 0.6) is 5.75 Å². The number of rotatable bonds is 5. The molecule has 1 N–H and O–H groups in total. The number of nitro benzene ring substituents is 1. The molecule has 2 aromatic carbocycles. The van der Waals surface area contributed by atoms with Gasteiger partial charge in [0, 0.05) is 6.07 Å². The number of hydrogen-bond acceptors (Lipinski definition) is 4. The molecule has 1 atom stereocenters. The highest BCUT2D eigenvalue weighted by Gasteiger charge is 2.15. The van der Waals surface area contributed by atoms with Gasteiger partial charge >= 0.3 is 0 Å². The minimum Gasteiger partial charge on any atom is -0.489 e. The first-order valence-electron chi connectivity index (χ1n) is 6.31. The van der Waals surface area contributed by atoms with E-state index in [2.05, 4.69) is 0 Å². The van der Waals surface area contributed by atoms with Gasteiger partial charge in [-0.25, -0.2) is 4.39 Å². The molecule has 6 heteroatoms. The number of nitro groups is 1. The highest BCUT2D eigenvalue weighted by molar-refractivity contribution is 5.40. The van der Waals surface area contributed by atoms with Crippen molar-refractivity contribution >= 4 is 5.69 Å². The second-order valence-corrected chi connectivity index (χ2v) is 4.57. The number of ether oxygens (including phenoxy) is 1. The van der Waals surface area contributed by atoms with Gasteiger partial charge in [0.25, 0.3) is 5.69 Å². The van der Waals surface area contributed by atoms with Gasteiger partial charge in [0.2, 0.25) is 0 Å². The van der Waals surface area contributed by atoms with E-state index in [9.17, 15) is 19.6 Å². The van der Waals surface area contributed by atoms with Crippen molar-refractivity contribution in [1.82, 2.24) is 0 Å². The fourth-order valence-electron chi connectivity index (χ4n) is 1.87. The van der Waals surface area contributed by atoms with Crippen LogP contribution in [0.15, 0.2) is 42.5 Å². The molecule has 21 heavy (non-hydrogen) atoms. The summed E-state index contributed by atoms with van der Waals surface area (Å²) in [5, 5.41) is 20.4. The number of hydrogen-bond donors (Lipinski definition) is 1. The Hall–Kier alpha value is -2.47. The first kappa shape index (κ1) is 14.9. The lowest BCUT2D eigenvalue weighted by atomic mass is 10.1. The zero-order valence-corrected chi connectivity index (χ0v) is 11.3. The number of nitrogens with zero attached hydrogens (tertiary/aromatic N) is 1. The van der Waals surface area contributed by atoms with Gasteiger partial charge in [-0.2, -0.15) is 0 Å². The van der Waals surface area contributed by atoms with Crippen molar-refractivity contribution in [3.8, 4) is 5.75 Å². The quantitative estimate of drug-likeness (QED) is 0.677. The van der Waals surface area contributed by atoms with Crippen LogP contribution in [0, 0.1) is 15.9 Å². The molecule has 1 unspecified atom stereocenters. The third-order valence-corrected chi connectivity index (χ3v) is 2.97. The normalized spacial score (nSPS) is 12.0. The molecule has 0 fully saturated rings. The van der Waals surface area contributed by atoms with Crippen molar-refractivity contribution < 1.29 is 19.2 Å². The van der Waals surface area contributed by atoms with Gasteiger partial charge in [-0.1, -0.05) is 12.1 Å². The largest absolute Gasteiger partial charge is 0.489 e. The molecule has 0 saturated carbocycles. The lowest BCUT2D eigenvalue weighted by molar-refractivity contribution is -0.385. The van der Waals surface area contributed by atoms with Crippen LogP contribution in [0.1, 0.15) is 24.2 Å². The predicted molar refractivity (Wildman–Crippen MR) is 74.5 cm³/mol. The Labute approximate surface area is 120 Å². The van der Waals surface area contributed by atoms with Crippen LogP contribution in [0.3, 0.4) is 0 Å². The third kappa shape index (κ3) is 3.76. The number of benzene rings is 2. The summed E-state index contributed by atoms with van der Waals surface area (Å²) in [7, 11) is 0. The summed E-state index contributed by atoms with van der Waals surface area (Å²) in [5.74, 6) is -0.108. The number of aliphatic hydroxyl groups is 1. The molecular formula is C15H14FNO4. The van der Waals surface area contributed by atoms with E-state index in [1.807, 2.05) is 0 Å². The van der Waals surface area contributed by atoms with E-state index in [-0.39, 0.29) is 17.9 Å². The van der Waals surface area contributed by atoms with Gasteiger partial charge < -0.3 is 9.84 Å². The fourth-order valence-corrected chi connectivity index (χ4v) is 1.87. The van der Waals surface area contributed by atoms with Crippen LogP contribution in [0.25, 0.3) is 0 Å². The van der Waals surface area contributed by atoms with E-state index < -0.39 is 16.8 Å². The average molecular weight is 291 g/mol. The Kier molecular flexibility index (Phi) is 4.49. The molecule has 2 aromatic rings. The van der Waals surface area contributed by atoms with E-state index in [0.717, 1.165) is 18.2 Å². The highest BCUT2D eigenvalue weighted by Crippen LogP contribution is 2.23. The molecule has 0 heterocycles. The molecule has 0 aromatic heterocycles. The molecule has 0 amide bonds. The van der Waals surface area contributed by atoms with E-state index in [4.69, 9.17) is 4.74 Å². The molecule has 0 spiro atoms. The number of halogens is 1. The van der Waals surface area contributed by atoms with Gasteiger partial charge in [0.1, 0.15) is 18.2 Å². The van der Waals surface area contributed by atoms with Gasteiger partial charge in [0.05, 0.1) is 16.6 Å². The van der Waals surface area contributed by atoms with Crippen molar-refractivity contribution in [1.29, 1.82) is 0 Å². The van der Waals surface area contributed by atoms with Crippen LogP contribution in [0.4, 0.5) is 10.1 Å². The first-order valence-corrected chi connectivity index (χ1v) is 6.31. The molecule has 0 saturated heterocycles. The first-order chi connectivity index (χ1) is 9.97. The summed E-state index contributed by atoms with van der Waals surface area (Å²) in [6, 6.07) is 9.97. The van der Waals surface area contributed by atoms with Crippen LogP contribution in [-0.4, -0.2) is 10.0 Å². The van der Waals surface area contributed by atoms with Gasteiger partial charge in [-0.3, -0.25) is 10.1 Å². The van der Waals surface area contributed by atoms with Crippen LogP contribution in [0.2, 0.25) is 0 Å². The molecule has 0 aliphatic heterocycles. The Morgan fingerprint density at radius 3 is 2.76 bits per heavy atom. The smallest absolute Gasteiger partial charge is 0.276 e. The average Bonchev–Trinajstić information content (AvgIpc) is 2.45. The molecular weight excluding hydrogens is 277 g/mol. The SMILES string of the molecule is CC(O)c1cccc(OCc2cc(F)ccc2[N+](=O)[O-])c1. The lowest BCUT2D eigenvalue weighted by Gasteiger charge is -2.10. The molecule has 0 aliphatic rings.